The fourth-order valence-corrected chi connectivity index (χ4v) is 3.15. The average molecular weight is 293 g/mol. The van der Waals surface area contributed by atoms with Crippen LogP contribution in [-0.4, -0.2) is 43.2 Å². The molecule has 0 spiro atoms. The number of rotatable bonds is 2. The fraction of sp³-hybridized carbons (Fsp3) is 0.615. The number of H-pyrrole nitrogens is 1. The minimum atomic E-state index is 0.139. The van der Waals surface area contributed by atoms with Gasteiger partial charge < -0.3 is 9.88 Å². The van der Waals surface area contributed by atoms with Crippen LogP contribution in [0.25, 0.3) is 11.2 Å². The van der Waals surface area contributed by atoms with Crippen molar-refractivity contribution in [2.75, 3.05) is 13.1 Å². The number of amides is 1. The van der Waals surface area contributed by atoms with E-state index in [1.165, 1.54) is 6.42 Å². The van der Waals surface area contributed by atoms with Crippen LogP contribution in [0.1, 0.15) is 25.0 Å². The number of piperidine rings is 1. The third kappa shape index (κ3) is 2.15. The highest BCUT2D eigenvalue weighted by Gasteiger charge is 2.20. The topological polar surface area (TPSA) is 58.9 Å². The molecule has 3 heterocycles. The predicted molar refractivity (Wildman–Crippen MR) is 79.1 cm³/mol. The maximum absolute atomic E-state index is 12.4. The van der Waals surface area contributed by atoms with Gasteiger partial charge in [0.1, 0.15) is 12.1 Å². The molecule has 1 N–H and O–H groups in total. The molecule has 108 valence electrons. The molecular formula is C13H19N5OS. The largest absolute Gasteiger partial charge is 0.341 e. The molecule has 0 saturated carbocycles. The van der Waals surface area contributed by atoms with Gasteiger partial charge >= 0.3 is 0 Å². The summed E-state index contributed by atoms with van der Waals surface area (Å²) < 4.78 is 4.21. The number of carbonyl (C=O) groups excluding carboxylic acids is 1. The first-order chi connectivity index (χ1) is 9.58. The predicted octanol–water partition coefficient (Wildman–Crippen LogP) is 1.75. The number of nitrogens with one attached hydrogen (secondary N) is 1. The van der Waals surface area contributed by atoms with Crippen LogP contribution in [0.3, 0.4) is 0 Å². The number of aromatic amines is 1. The quantitative estimate of drug-likeness (QED) is 0.858. The Morgan fingerprint density at radius 2 is 2.05 bits per heavy atom. The highest BCUT2D eigenvalue weighted by atomic mass is 32.1. The maximum atomic E-state index is 12.4. The number of hydrogen-bond donors (Lipinski definition) is 1. The number of hydrogen-bond acceptors (Lipinski definition) is 3. The smallest absolute Gasteiger partial charge is 0.242 e. The molecule has 0 aromatic carbocycles. The molecule has 7 heteroatoms. The monoisotopic (exact) mass is 293 g/mol. The Morgan fingerprint density at radius 1 is 1.35 bits per heavy atom. The SMILES string of the molecule is Cc1nn(C)c2c1[nH]c(=S)n2CC(=O)N1CCCCC1. The van der Waals surface area contributed by atoms with Gasteiger partial charge in [-0.3, -0.25) is 14.0 Å². The summed E-state index contributed by atoms with van der Waals surface area (Å²) in [6, 6.07) is 0. The number of fused-ring (bicyclic) bond motifs is 1. The van der Waals surface area contributed by atoms with Gasteiger partial charge in [-0.05, 0) is 38.4 Å². The summed E-state index contributed by atoms with van der Waals surface area (Å²) >= 11 is 5.34. The summed E-state index contributed by atoms with van der Waals surface area (Å²) in [6.45, 7) is 3.95. The minimum absolute atomic E-state index is 0.139. The summed E-state index contributed by atoms with van der Waals surface area (Å²) in [5, 5.41) is 4.37. The minimum Gasteiger partial charge on any atom is -0.341 e. The Morgan fingerprint density at radius 3 is 2.75 bits per heavy atom. The van der Waals surface area contributed by atoms with Crippen LogP contribution in [0.5, 0.6) is 0 Å². The third-order valence-corrected chi connectivity index (χ3v) is 4.25. The lowest BCUT2D eigenvalue weighted by Crippen LogP contribution is -2.37. The molecule has 1 aliphatic heterocycles. The van der Waals surface area contributed by atoms with E-state index in [9.17, 15) is 4.79 Å². The second kappa shape index (κ2) is 5.05. The van der Waals surface area contributed by atoms with E-state index < -0.39 is 0 Å². The van der Waals surface area contributed by atoms with Crippen molar-refractivity contribution in [3.8, 4) is 0 Å². The molecule has 1 fully saturated rings. The first-order valence-electron chi connectivity index (χ1n) is 6.98. The molecule has 3 rings (SSSR count). The lowest BCUT2D eigenvalue weighted by Gasteiger charge is -2.26. The zero-order valence-electron chi connectivity index (χ0n) is 11.8. The van der Waals surface area contributed by atoms with E-state index in [2.05, 4.69) is 10.1 Å². The van der Waals surface area contributed by atoms with Gasteiger partial charge in [-0.2, -0.15) is 5.10 Å². The Labute approximate surface area is 122 Å². The Balaban J connectivity index is 1.92. The normalized spacial score (nSPS) is 16.0. The van der Waals surface area contributed by atoms with Gasteiger partial charge in [0.05, 0.1) is 5.69 Å². The molecule has 1 amide bonds. The van der Waals surface area contributed by atoms with E-state index in [4.69, 9.17) is 12.2 Å². The lowest BCUT2D eigenvalue weighted by molar-refractivity contribution is -0.132. The molecule has 0 bridgehead atoms. The molecule has 1 aliphatic rings. The Hall–Kier alpha value is -1.63. The van der Waals surface area contributed by atoms with Crippen LogP contribution < -0.4 is 0 Å². The highest BCUT2D eigenvalue weighted by molar-refractivity contribution is 7.71. The van der Waals surface area contributed by atoms with Crippen LogP contribution in [0, 0.1) is 11.7 Å². The summed E-state index contributed by atoms with van der Waals surface area (Å²) in [6.07, 6.45) is 3.42. The van der Waals surface area contributed by atoms with E-state index in [0.717, 1.165) is 42.8 Å². The van der Waals surface area contributed by atoms with Crippen molar-refractivity contribution < 1.29 is 4.79 Å². The van der Waals surface area contributed by atoms with E-state index in [-0.39, 0.29) is 12.5 Å². The molecule has 6 nitrogen and oxygen atoms in total. The number of carbonyl (C=O) groups is 1. The molecular weight excluding hydrogens is 274 g/mol. The van der Waals surface area contributed by atoms with Gasteiger partial charge in [-0.1, -0.05) is 0 Å². The summed E-state index contributed by atoms with van der Waals surface area (Å²) in [4.78, 5) is 17.5. The van der Waals surface area contributed by atoms with Crippen molar-refractivity contribution >= 4 is 29.3 Å². The molecule has 2 aromatic rings. The molecule has 0 atom stereocenters. The fourth-order valence-electron chi connectivity index (χ4n) is 2.90. The maximum Gasteiger partial charge on any atom is 0.242 e. The van der Waals surface area contributed by atoms with Crippen LogP contribution in [0.2, 0.25) is 0 Å². The average Bonchev–Trinajstić information content (AvgIpc) is 2.90. The molecule has 0 unspecified atom stereocenters. The van der Waals surface area contributed by atoms with E-state index in [0.29, 0.717) is 4.77 Å². The van der Waals surface area contributed by atoms with Crippen LogP contribution in [0.15, 0.2) is 0 Å². The van der Waals surface area contributed by atoms with E-state index >= 15 is 0 Å². The van der Waals surface area contributed by atoms with Crippen molar-refractivity contribution in [2.24, 2.45) is 7.05 Å². The van der Waals surface area contributed by atoms with Crippen LogP contribution >= 0.6 is 12.2 Å². The zero-order valence-corrected chi connectivity index (χ0v) is 12.7. The van der Waals surface area contributed by atoms with Gasteiger partial charge in [0.15, 0.2) is 10.4 Å². The first-order valence-corrected chi connectivity index (χ1v) is 7.38. The Kier molecular flexibility index (Phi) is 3.37. The number of imidazole rings is 1. The molecule has 0 radical (unpaired) electrons. The summed E-state index contributed by atoms with van der Waals surface area (Å²) in [5.74, 6) is 0.139. The molecule has 0 aliphatic carbocycles. The van der Waals surface area contributed by atoms with Crippen molar-refractivity contribution in [1.29, 1.82) is 0 Å². The van der Waals surface area contributed by atoms with Gasteiger partial charge in [0.2, 0.25) is 5.91 Å². The number of aromatic nitrogens is 4. The van der Waals surface area contributed by atoms with E-state index in [1.807, 2.05) is 23.4 Å². The molecule has 1 saturated heterocycles. The van der Waals surface area contributed by atoms with Crippen LogP contribution in [0.4, 0.5) is 0 Å². The van der Waals surface area contributed by atoms with Crippen molar-refractivity contribution in [2.45, 2.75) is 32.7 Å². The van der Waals surface area contributed by atoms with Gasteiger partial charge in [0, 0.05) is 20.1 Å². The number of nitrogens with zero attached hydrogens (tertiary/aromatic N) is 4. The standard InChI is InChI=1S/C13H19N5OS/c1-9-11-12(16(2)15-9)18(13(20)14-11)8-10(19)17-6-4-3-5-7-17/h3-8H2,1-2H3,(H,14,20). The van der Waals surface area contributed by atoms with Crippen molar-refractivity contribution in [1.82, 2.24) is 24.2 Å². The first kappa shape index (κ1) is 13.4. The summed E-state index contributed by atoms with van der Waals surface area (Å²) in [5.41, 5.74) is 2.71. The lowest BCUT2D eigenvalue weighted by atomic mass is 10.1. The van der Waals surface area contributed by atoms with Crippen molar-refractivity contribution in [3.63, 3.8) is 0 Å². The Bertz CT molecular complexity index is 704. The molecule has 2 aromatic heterocycles. The second-order valence-corrected chi connectivity index (χ2v) is 5.75. The van der Waals surface area contributed by atoms with Gasteiger partial charge in [-0.25, -0.2) is 0 Å². The summed E-state index contributed by atoms with van der Waals surface area (Å²) in [7, 11) is 1.87. The number of likely N-dealkylation sites (tertiary alicyclic amines) is 1. The second-order valence-electron chi connectivity index (χ2n) is 5.37. The van der Waals surface area contributed by atoms with Gasteiger partial charge in [0.25, 0.3) is 0 Å². The van der Waals surface area contributed by atoms with Gasteiger partial charge in [-0.15, -0.1) is 0 Å². The van der Waals surface area contributed by atoms with E-state index in [1.54, 1.807) is 4.68 Å². The van der Waals surface area contributed by atoms with Crippen molar-refractivity contribution in [3.05, 3.63) is 10.5 Å². The van der Waals surface area contributed by atoms with Crippen LogP contribution in [-0.2, 0) is 18.4 Å². The molecule has 20 heavy (non-hydrogen) atoms. The highest BCUT2D eigenvalue weighted by Crippen LogP contribution is 2.17. The number of aryl methyl sites for hydroxylation is 2. The zero-order chi connectivity index (χ0) is 14.3. The third-order valence-electron chi connectivity index (χ3n) is 3.93.